The van der Waals surface area contributed by atoms with Gasteiger partial charge in [0.2, 0.25) is 0 Å². The van der Waals surface area contributed by atoms with Gasteiger partial charge in [-0.15, -0.1) is 0 Å². The maximum Gasteiger partial charge on any atom is 0.338 e. The number of halogens is 2. The van der Waals surface area contributed by atoms with Crippen molar-refractivity contribution in [3.05, 3.63) is 61.4 Å². The van der Waals surface area contributed by atoms with E-state index in [0.29, 0.717) is 38.0 Å². The Morgan fingerprint density at radius 2 is 1.97 bits per heavy atom. The third-order valence-corrected chi connectivity index (χ3v) is 6.07. The van der Waals surface area contributed by atoms with E-state index in [1.165, 1.54) is 16.7 Å². The molecule has 1 heterocycles. The van der Waals surface area contributed by atoms with Crippen LogP contribution in [0.25, 0.3) is 6.08 Å². The molecule has 0 bridgehead atoms. The first-order chi connectivity index (χ1) is 13.8. The number of nitrogens with zero attached hydrogens (tertiary/aromatic N) is 2. The number of phenols is 1. The van der Waals surface area contributed by atoms with Gasteiger partial charge in [-0.05, 0) is 77.1 Å². The summed E-state index contributed by atoms with van der Waals surface area (Å²) in [5.41, 5.74) is 1.56. The number of benzene rings is 2. The minimum absolute atomic E-state index is 0.0525. The molecule has 2 aromatic carbocycles. The van der Waals surface area contributed by atoms with Crippen molar-refractivity contribution in [1.82, 2.24) is 4.90 Å². The molecule has 1 saturated heterocycles. The molecule has 9 heteroatoms. The molecule has 1 fully saturated rings. The molecule has 0 atom stereocenters. The number of thioether (sulfide) groups is 1. The summed E-state index contributed by atoms with van der Waals surface area (Å²) in [6.07, 6.45) is 1.63. The lowest BCUT2D eigenvalue weighted by molar-refractivity contribution is -0.121. The number of hydrogen-bond acceptors (Lipinski definition) is 6. The molecule has 1 aliphatic rings. The molecule has 0 spiro atoms. The number of likely N-dealkylation sites (N-methyl/N-ethyl adjacent to an activating group) is 1. The average molecular weight is 540 g/mol. The third-order valence-electron chi connectivity index (χ3n) is 3.95. The van der Waals surface area contributed by atoms with Crippen LogP contribution in [0.3, 0.4) is 0 Å². The van der Waals surface area contributed by atoms with E-state index in [0.717, 1.165) is 4.47 Å². The molecule has 1 N–H and O–H groups in total. The van der Waals surface area contributed by atoms with Crippen molar-refractivity contribution in [1.29, 1.82) is 0 Å². The Morgan fingerprint density at radius 3 is 2.62 bits per heavy atom. The molecule has 0 aliphatic carbocycles. The van der Waals surface area contributed by atoms with Gasteiger partial charge >= 0.3 is 5.97 Å². The van der Waals surface area contributed by atoms with E-state index in [-0.39, 0.29) is 17.6 Å². The molecular weight excluding hydrogens is 524 g/mol. The second kappa shape index (κ2) is 9.15. The topological polar surface area (TPSA) is 79.2 Å². The molecule has 29 heavy (non-hydrogen) atoms. The van der Waals surface area contributed by atoms with Crippen LogP contribution in [-0.4, -0.2) is 40.7 Å². The van der Waals surface area contributed by atoms with E-state index in [1.807, 2.05) is 0 Å². The molecule has 6 nitrogen and oxygen atoms in total. The van der Waals surface area contributed by atoms with Crippen LogP contribution in [0.2, 0.25) is 0 Å². The Balaban J connectivity index is 1.86. The van der Waals surface area contributed by atoms with Crippen molar-refractivity contribution in [2.24, 2.45) is 4.99 Å². The lowest BCUT2D eigenvalue weighted by Gasteiger charge is -2.07. The molecule has 0 aromatic heterocycles. The smallest absolute Gasteiger partial charge is 0.338 e. The maximum absolute atomic E-state index is 12.6. The number of carbonyl (C=O) groups excluding carboxylic acids is 2. The van der Waals surface area contributed by atoms with Crippen LogP contribution in [0.1, 0.15) is 22.8 Å². The summed E-state index contributed by atoms with van der Waals surface area (Å²) in [6, 6.07) is 10.1. The van der Waals surface area contributed by atoms with Crippen molar-refractivity contribution in [3.63, 3.8) is 0 Å². The fourth-order valence-corrected chi connectivity index (χ4v) is 4.72. The van der Waals surface area contributed by atoms with E-state index in [9.17, 15) is 14.7 Å². The summed E-state index contributed by atoms with van der Waals surface area (Å²) >= 11 is 7.87. The van der Waals surface area contributed by atoms with E-state index < -0.39 is 0 Å². The van der Waals surface area contributed by atoms with E-state index in [2.05, 4.69) is 36.9 Å². The molecule has 0 radical (unpaired) electrons. The van der Waals surface area contributed by atoms with Crippen LogP contribution in [0, 0.1) is 0 Å². The Hall–Kier alpha value is -2.10. The second-order valence-corrected chi connectivity index (χ2v) is 8.74. The zero-order valence-electron chi connectivity index (χ0n) is 15.5. The van der Waals surface area contributed by atoms with E-state index >= 15 is 0 Å². The number of amides is 1. The van der Waals surface area contributed by atoms with Gasteiger partial charge in [-0.25, -0.2) is 9.79 Å². The van der Waals surface area contributed by atoms with Gasteiger partial charge in [0.1, 0.15) is 5.75 Å². The molecule has 0 unspecified atom stereocenters. The van der Waals surface area contributed by atoms with Gasteiger partial charge in [-0.2, -0.15) is 0 Å². The van der Waals surface area contributed by atoms with Crippen molar-refractivity contribution in [2.75, 3.05) is 13.7 Å². The van der Waals surface area contributed by atoms with Gasteiger partial charge in [-0.3, -0.25) is 9.69 Å². The SMILES string of the molecule is CCOC(=O)c1ccc(N=C2S/C(=C\c3cc(Br)cc(Br)c3O)C(=O)N2C)cc1. The number of aromatic hydroxyl groups is 1. The Labute approximate surface area is 188 Å². The van der Waals surface area contributed by atoms with E-state index in [1.54, 1.807) is 56.4 Å². The maximum atomic E-state index is 12.6. The average Bonchev–Trinajstić information content (AvgIpc) is 2.94. The van der Waals surface area contributed by atoms with Crippen LogP contribution in [0.4, 0.5) is 5.69 Å². The molecular formula is C20H16Br2N2O4S. The summed E-state index contributed by atoms with van der Waals surface area (Å²) in [5.74, 6) is -0.552. The molecule has 1 amide bonds. The third kappa shape index (κ3) is 4.91. The van der Waals surface area contributed by atoms with Gasteiger partial charge in [0.25, 0.3) is 5.91 Å². The van der Waals surface area contributed by atoms with Crippen LogP contribution in [0.15, 0.2) is 55.2 Å². The molecule has 150 valence electrons. The van der Waals surface area contributed by atoms with Crippen molar-refractivity contribution in [2.45, 2.75) is 6.92 Å². The fraction of sp³-hybridized carbons (Fsp3) is 0.150. The van der Waals surface area contributed by atoms with Gasteiger partial charge in [0, 0.05) is 17.1 Å². The predicted octanol–water partition coefficient (Wildman–Crippen LogP) is 5.33. The summed E-state index contributed by atoms with van der Waals surface area (Å²) in [5, 5.41) is 10.7. The predicted molar refractivity (Wildman–Crippen MR) is 121 cm³/mol. The minimum atomic E-state index is -0.389. The van der Waals surface area contributed by atoms with Crippen LogP contribution >= 0.6 is 43.6 Å². The van der Waals surface area contributed by atoms with Crippen molar-refractivity contribution in [3.8, 4) is 5.75 Å². The van der Waals surface area contributed by atoms with Crippen molar-refractivity contribution >= 4 is 72.4 Å². The highest BCUT2D eigenvalue weighted by atomic mass is 79.9. The highest BCUT2D eigenvalue weighted by Crippen LogP contribution is 2.37. The molecule has 0 saturated carbocycles. The van der Waals surface area contributed by atoms with E-state index in [4.69, 9.17) is 4.74 Å². The van der Waals surface area contributed by atoms with Crippen LogP contribution < -0.4 is 0 Å². The fourth-order valence-electron chi connectivity index (χ4n) is 2.49. The van der Waals surface area contributed by atoms with Gasteiger partial charge in [0.05, 0.1) is 27.2 Å². The van der Waals surface area contributed by atoms with Crippen molar-refractivity contribution < 1.29 is 19.4 Å². The number of esters is 1. The lowest BCUT2D eigenvalue weighted by Crippen LogP contribution is -2.23. The highest BCUT2D eigenvalue weighted by molar-refractivity contribution is 9.11. The molecule has 3 rings (SSSR count). The second-order valence-electron chi connectivity index (χ2n) is 5.96. The molecule has 1 aliphatic heterocycles. The Morgan fingerprint density at radius 1 is 1.28 bits per heavy atom. The Bertz CT molecular complexity index is 1040. The monoisotopic (exact) mass is 538 g/mol. The first-order valence-corrected chi connectivity index (χ1v) is 10.9. The number of rotatable bonds is 4. The highest BCUT2D eigenvalue weighted by Gasteiger charge is 2.30. The number of ether oxygens (including phenoxy) is 1. The lowest BCUT2D eigenvalue weighted by atomic mass is 10.2. The van der Waals surface area contributed by atoms with Gasteiger partial charge in [0.15, 0.2) is 5.17 Å². The zero-order chi connectivity index (χ0) is 21.1. The summed E-state index contributed by atoms with van der Waals surface area (Å²) < 4.78 is 6.26. The quantitative estimate of drug-likeness (QED) is 0.419. The zero-order valence-corrected chi connectivity index (χ0v) is 19.5. The number of aliphatic imine (C=N–C) groups is 1. The largest absolute Gasteiger partial charge is 0.506 e. The van der Waals surface area contributed by atoms with Gasteiger partial charge in [-0.1, -0.05) is 15.9 Å². The van der Waals surface area contributed by atoms with Crippen LogP contribution in [-0.2, 0) is 9.53 Å². The van der Waals surface area contributed by atoms with Gasteiger partial charge < -0.3 is 9.84 Å². The van der Waals surface area contributed by atoms with Crippen LogP contribution in [0.5, 0.6) is 5.75 Å². The first kappa shape index (κ1) is 21.6. The standard InChI is InChI=1S/C20H16Br2N2O4S/c1-3-28-19(27)11-4-6-14(7-5-11)23-20-24(2)18(26)16(29-20)9-12-8-13(21)10-15(22)17(12)25/h4-10,25H,3H2,1-2H3/b16-9-,23-20?. The first-order valence-electron chi connectivity index (χ1n) is 8.51. The number of carbonyl (C=O) groups is 2. The number of hydrogen-bond donors (Lipinski definition) is 1. The number of phenolic OH excluding ortho intramolecular Hbond substituents is 1. The normalized spacial score (nSPS) is 16.7. The summed E-state index contributed by atoms with van der Waals surface area (Å²) in [4.78, 5) is 30.7. The minimum Gasteiger partial charge on any atom is -0.506 e. The Kier molecular flexibility index (Phi) is 6.81. The molecule has 2 aromatic rings. The summed E-state index contributed by atoms with van der Waals surface area (Å²) in [7, 11) is 1.64. The summed E-state index contributed by atoms with van der Waals surface area (Å²) in [6.45, 7) is 2.06. The number of amidine groups is 1.